The van der Waals surface area contributed by atoms with Crippen LogP contribution >= 0.6 is 11.6 Å². The maximum atomic E-state index is 12.9. The molecule has 0 N–H and O–H groups in total. The monoisotopic (exact) mass is 387 g/mol. The highest BCUT2D eigenvalue weighted by molar-refractivity contribution is 6.31. The first-order valence-corrected chi connectivity index (χ1v) is 9.06. The number of hydrogen-bond donors (Lipinski definition) is 0. The predicted molar refractivity (Wildman–Crippen MR) is 106 cm³/mol. The largest absolute Gasteiger partial charge is 0.383 e. The smallest absolute Gasteiger partial charge is 0.261 e. The first-order chi connectivity index (χ1) is 12.8. The van der Waals surface area contributed by atoms with Gasteiger partial charge in [0.05, 0.1) is 36.4 Å². The van der Waals surface area contributed by atoms with Gasteiger partial charge >= 0.3 is 0 Å². The van der Waals surface area contributed by atoms with Crippen molar-refractivity contribution in [2.45, 2.75) is 33.4 Å². The van der Waals surface area contributed by atoms with E-state index in [1.165, 1.54) is 10.9 Å². The molecule has 2 aromatic heterocycles. The van der Waals surface area contributed by atoms with Crippen molar-refractivity contribution in [1.29, 1.82) is 0 Å². The number of aryl methyl sites for hydroxylation is 1. The van der Waals surface area contributed by atoms with Crippen LogP contribution in [0.5, 0.6) is 0 Å². The third kappa shape index (κ3) is 3.68. The minimum atomic E-state index is -0.280. The Labute approximate surface area is 162 Å². The molecule has 6 nitrogen and oxygen atoms in total. The summed E-state index contributed by atoms with van der Waals surface area (Å²) >= 11 is 5.99. The number of hydrogen-bond acceptors (Lipinski definition) is 4. The molecule has 0 aliphatic rings. The number of Topliss-reactive ketones (excluding diaryl/α,β-unsaturated/α-hetero) is 1. The van der Waals surface area contributed by atoms with Crippen LogP contribution < -0.4 is 5.56 Å². The van der Waals surface area contributed by atoms with Crippen LogP contribution in [0.4, 0.5) is 0 Å². The average Bonchev–Trinajstić information content (AvgIpc) is 2.92. The zero-order valence-corrected chi connectivity index (χ0v) is 16.6. The van der Waals surface area contributed by atoms with Gasteiger partial charge in [0.1, 0.15) is 0 Å². The van der Waals surface area contributed by atoms with Gasteiger partial charge in [0.25, 0.3) is 5.56 Å². The van der Waals surface area contributed by atoms with Crippen LogP contribution in [-0.4, -0.2) is 33.6 Å². The van der Waals surface area contributed by atoms with Gasteiger partial charge in [-0.25, -0.2) is 4.98 Å². The molecular weight excluding hydrogens is 366 g/mol. The van der Waals surface area contributed by atoms with Crippen LogP contribution in [0.2, 0.25) is 5.02 Å². The Bertz CT molecular complexity index is 1070. The van der Waals surface area contributed by atoms with Gasteiger partial charge in [-0.15, -0.1) is 0 Å². The van der Waals surface area contributed by atoms with E-state index in [9.17, 15) is 9.59 Å². The van der Waals surface area contributed by atoms with Crippen LogP contribution in [-0.2, 0) is 11.3 Å². The topological polar surface area (TPSA) is 66.1 Å². The number of carbonyl (C=O) groups is 1. The van der Waals surface area contributed by atoms with Gasteiger partial charge in [-0.3, -0.25) is 14.2 Å². The fourth-order valence-corrected chi connectivity index (χ4v) is 3.71. The number of rotatable bonds is 6. The first kappa shape index (κ1) is 19.3. The molecule has 0 unspecified atom stereocenters. The summed E-state index contributed by atoms with van der Waals surface area (Å²) in [6.07, 6.45) is 1.41. The summed E-state index contributed by atoms with van der Waals surface area (Å²) in [4.78, 5) is 29.8. The normalized spacial score (nSPS) is 12.5. The third-order valence-corrected chi connectivity index (χ3v) is 4.97. The van der Waals surface area contributed by atoms with E-state index in [1.807, 2.05) is 26.8 Å². The van der Waals surface area contributed by atoms with E-state index in [1.54, 1.807) is 25.3 Å². The van der Waals surface area contributed by atoms with Crippen LogP contribution in [0.25, 0.3) is 10.9 Å². The second kappa shape index (κ2) is 7.66. The molecule has 0 aliphatic carbocycles. The lowest BCUT2D eigenvalue weighted by Gasteiger charge is -2.17. The summed E-state index contributed by atoms with van der Waals surface area (Å²) in [5.74, 6) is -0.135. The molecule has 1 aromatic carbocycles. The summed E-state index contributed by atoms with van der Waals surface area (Å²) in [5.41, 5.74) is 2.73. The van der Waals surface area contributed by atoms with Gasteiger partial charge in [0.15, 0.2) is 5.78 Å². The number of ketones is 1. The molecule has 0 saturated carbocycles. The van der Waals surface area contributed by atoms with E-state index in [-0.39, 0.29) is 23.9 Å². The fraction of sp³-hybridized carbons (Fsp3) is 0.350. The molecule has 0 radical (unpaired) electrons. The summed E-state index contributed by atoms with van der Waals surface area (Å²) < 4.78 is 8.64. The van der Waals surface area contributed by atoms with Crippen molar-refractivity contribution in [2.24, 2.45) is 0 Å². The fourth-order valence-electron chi connectivity index (χ4n) is 3.54. The van der Waals surface area contributed by atoms with Crippen molar-refractivity contribution < 1.29 is 9.53 Å². The second-order valence-corrected chi connectivity index (χ2v) is 7.16. The summed E-state index contributed by atoms with van der Waals surface area (Å²) in [5, 5.41) is 0.859. The number of fused-ring (bicyclic) bond motifs is 1. The highest BCUT2D eigenvalue weighted by atomic mass is 35.5. The van der Waals surface area contributed by atoms with Gasteiger partial charge < -0.3 is 9.30 Å². The van der Waals surface area contributed by atoms with E-state index in [0.29, 0.717) is 28.1 Å². The second-order valence-electron chi connectivity index (χ2n) is 6.72. The molecule has 0 fully saturated rings. The Morgan fingerprint density at radius 3 is 2.74 bits per heavy atom. The summed E-state index contributed by atoms with van der Waals surface area (Å²) in [6.45, 7) is 6.39. The molecule has 2 heterocycles. The van der Waals surface area contributed by atoms with Crippen LogP contribution in [0, 0.1) is 13.8 Å². The number of nitrogens with zero attached hydrogens (tertiary/aromatic N) is 3. The van der Waals surface area contributed by atoms with E-state index in [4.69, 9.17) is 16.3 Å². The molecule has 27 heavy (non-hydrogen) atoms. The molecule has 0 bridgehead atoms. The summed E-state index contributed by atoms with van der Waals surface area (Å²) in [6, 6.07) is 6.92. The number of halogens is 1. The SMILES string of the molecule is COC[C@@H](C)n1c(C)cc(C(=O)Cn2cnc3ccc(Cl)cc3c2=O)c1C. The van der Waals surface area contributed by atoms with Crippen molar-refractivity contribution in [2.75, 3.05) is 13.7 Å². The molecule has 0 amide bonds. The average molecular weight is 388 g/mol. The molecule has 3 aromatic rings. The first-order valence-electron chi connectivity index (χ1n) is 8.68. The zero-order valence-electron chi connectivity index (χ0n) is 15.8. The van der Waals surface area contributed by atoms with Crippen molar-refractivity contribution in [1.82, 2.24) is 14.1 Å². The van der Waals surface area contributed by atoms with Gasteiger partial charge in [-0.1, -0.05) is 11.6 Å². The Kier molecular flexibility index (Phi) is 5.48. The molecule has 1 atom stereocenters. The maximum absolute atomic E-state index is 12.9. The Morgan fingerprint density at radius 2 is 2.04 bits per heavy atom. The lowest BCUT2D eigenvalue weighted by molar-refractivity contribution is 0.0969. The van der Waals surface area contributed by atoms with Crippen molar-refractivity contribution in [3.63, 3.8) is 0 Å². The van der Waals surface area contributed by atoms with Gasteiger partial charge in [0.2, 0.25) is 0 Å². The highest BCUT2D eigenvalue weighted by Gasteiger charge is 2.19. The number of methoxy groups -OCH3 is 1. The Balaban J connectivity index is 1.95. The zero-order chi connectivity index (χ0) is 19.7. The molecule has 0 saturated heterocycles. The molecule has 0 aliphatic heterocycles. The van der Waals surface area contributed by atoms with Crippen LogP contribution in [0.3, 0.4) is 0 Å². The maximum Gasteiger partial charge on any atom is 0.261 e. The van der Waals surface area contributed by atoms with Gasteiger partial charge in [0, 0.05) is 29.1 Å². The number of aromatic nitrogens is 3. The number of carbonyl (C=O) groups excluding carboxylic acids is 1. The Morgan fingerprint density at radius 1 is 1.30 bits per heavy atom. The Hall–Kier alpha value is -2.44. The van der Waals surface area contributed by atoms with E-state index in [2.05, 4.69) is 9.55 Å². The standard InChI is InChI=1S/C20H22ClN3O3/c1-12-7-16(14(3)24(12)13(2)10-27-4)19(25)9-23-11-22-18-6-5-15(21)8-17(18)20(23)26/h5-8,11,13H,9-10H2,1-4H3/t13-/m1/s1. The quantitative estimate of drug-likeness (QED) is 0.606. The third-order valence-electron chi connectivity index (χ3n) is 4.73. The molecule has 142 valence electrons. The minimum absolute atomic E-state index is 0.0722. The molecule has 0 spiro atoms. The van der Waals surface area contributed by atoms with Crippen molar-refractivity contribution >= 4 is 28.3 Å². The number of benzene rings is 1. The molecule has 7 heteroatoms. The van der Waals surface area contributed by atoms with Gasteiger partial charge in [-0.05, 0) is 45.0 Å². The number of ether oxygens (including phenoxy) is 1. The van der Waals surface area contributed by atoms with E-state index >= 15 is 0 Å². The van der Waals surface area contributed by atoms with E-state index < -0.39 is 0 Å². The molecule has 3 rings (SSSR count). The lowest BCUT2D eigenvalue weighted by atomic mass is 10.1. The van der Waals surface area contributed by atoms with Gasteiger partial charge in [-0.2, -0.15) is 0 Å². The van der Waals surface area contributed by atoms with Crippen LogP contribution in [0.15, 0.2) is 35.4 Å². The molecular formula is C20H22ClN3O3. The lowest BCUT2D eigenvalue weighted by Crippen LogP contribution is -2.25. The summed E-state index contributed by atoms with van der Waals surface area (Å²) in [7, 11) is 1.65. The van der Waals surface area contributed by atoms with Crippen molar-refractivity contribution in [3.8, 4) is 0 Å². The van der Waals surface area contributed by atoms with Crippen molar-refractivity contribution in [3.05, 3.63) is 62.9 Å². The van der Waals surface area contributed by atoms with E-state index in [0.717, 1.165) is 11.4 Å². The predicted octanol–water partition coefficient (Wildman–Crippen LogP) is 3.56. The van der Waals surface area contributed by atoms with Crippen LogP contribution in [0.1, 0.15) is 34.7 Å². The highest BCUT2D eigenvalue weighted by Crippen LogP contribution is 2.21. The minimum Gasteiger partial charge on any atom is -0.383 e.